The van der Waals surface area contributed by atoms with Gasteiger partial charge >= 0.3 is 0 Å². The lowest BCUT2D eigenvalue weighted by molar-refractivity contribution is -0.123. The van der Waals surface area contributed by atoms with Gasteiger partial charge in [-0.3, -0.25) is 4.79 Å². The van der Waals surface area contributed by atoms with Crippen molar-refractivity contribution in [3.8, 4) is 5.75 Å². The normalized spacial score (nSPS) is 10.7. The number of ether oxygens (including phenoxy) is 1. The lowest BCUT2D eigenvalue weighted by Gasteiger charge is -2.20. The highest BCUT2D eigenvalue weighted by Gasteiger charge is 2.02. The average molecular weight is 360 g/mol. The van der Waals surface area contributed by atoms with Crippen LogP contribution in [-0.4, -0.2) is 31.8 Å². The van der Waals surface area contributed by atoms with Crippen molar-refractivity contribution in [2.75, 3.05) is 24.6 Å². The first kappa shape index (κ1) is 18.8. The van der Waals surface area contributed by atoms with Crippen molar-refractivity contribution in [1.82, 2.24) is 5.43 Å². The zero-order valence-electron chi connectivity index (χ0n) is 14.4. The molecule has 1 amide bonds. The number of benzene rings is 2. The Hall–Kier alpha value is -2.53. The average Bonchev–Trinajstić information content (AvgIpc) is 2.63. The highest BCUT2D eigenvalue weighted by molar-refractivity contribution is 6.30. The Balaban J connectivity index is 1.79. The van der Waals surface area contributed by atoms with Crippen LogP contribution in [0.1, 0.15) is 19.4 Å². The Morgan fingerprint density at radius 2 is 1.76 bits per heavy atom. The summed E-state index contributed by atoms with van der Waals surface area (Å²) in [5.41, 5.74) is 4.52. The van der Waals surface area contributed by atoms with Gasteiger partial charge in [0.05, 0.1) is 6.21 Å². The summed E-state index contributed by atoms with van der Waals surface area (Å²) in [5, 5.41) is 4.56. The Bertz CT molecular complexity index is 696. The molecule has 0 heterocycles. The van der Waals surface area contributed by atoms with E-state index in [-0.39, 0.29) is 12.5 Å². The third kappa shape index (κ3) is 6.12. The molecule has 2 aromatic rings. The van der Waals surface area contributed by atoms with Gasteiger partial charge in [0.2, 0.25) is 0 Å². The molecule has 25 heavy (non-hydrogen) atoms. The molecule has 2 rings (SSSR count). The molecule has 0 radical (unpaired) electrons. The lowest BCUT2D eigenvalue weighted by Crippen LogP contribution is -2.24. The Morgan fingerprint density at radius 3 is 2.36 bits per heavy atom. The third-order valence-corrected chi connectivity index (χ3v) is 3.86. The minimum atomic E-state index is -0.328. The first-order valence-corrected chi connectivity index (χ1v) is 8.55. The van der Waals surface area contributed by atoms with Gasteiger partial charge in [-0.1, -0.05) is 23.7 Å². The standard InChI is InChI=1S/C19H22ClN3O2/c1-3-23(4-2)17-9-5-15(6-10-17)13-21-22-19(24)14-25-18-11-7-16(20)8-12-18/h5-13H,3-4,14H2,1-2H3,(H,22,24). The van der Waals surface area contributed by atoms with Gasteiger partial charge in [0.1, 0.15) is 5.75 Å². The van der Waals surface area contributed by atoms with Gasteiger partial charge < -0.3 is 9.64 Å². The number of halogens is 1. The summed E-state index contributed by atoms with van der Waals surface area (Å²) in [6.07, 6.45) is 1.60. The summed E-state index contributed by atoms with van der Waals surface area (Å²) in [4.78, 5) is 14.0. The van der Waals surface area contributed by atoms with Crippen LogP contribution in [0.2, 0.25) is 5.02 Å². The molecular weight excluding hydrogens is 338 g/mol. The summed E-state index contributed by atoms with van der Waals surface area (Å²) in [6.45, 7) is 6.07. The number of carbonyl (C=O) groups is 1. The molecule has 0 unspecified atom stereocenters. The topological polar surface area (TPSA) is 53.9 Å². The summed E-state index contributed by atoms with van der Waals surface area (Å²) in [5.74, 6) is 0.251. The van der Waals surface area contributed by atoms with E-state index in [1.807, 2.05) is 24.3 Å². The number of nitrogens with one attached hydrogen (secondary N) is 1. The number of carbonyl (C=O) groups excluding carboxylic acids is 1. The second kappa shape index (κ2) is 9.69. The minimum Gasteiger partial charge on any atom is -0.484 e. The molecule has 0 aliphatic rings. The molecule has 0 aromatic heterocycles. The number of nitrogens with zero attached hydrogens (tertiary/aromatic N) is 2. The van der Waals surface area contributed by atoms with Crippen molar-refractivity contribution >= 4 is 29.4 Å². The van der Waals surface area contributed by atoms with Crippen molar-refractivity contribution < 1.29 is 9.53 Å². The van der Waals surface area contributed by atoms with Crippen LogP contribution in [0.25, 0.3) is 0 Å². The maximum absolute atomic E-state index is 11.7. The third-order valence-electron chi connectivity index (χ3n) is 3.61. The van der Waals surface area contributed by atoms with Gasteiger partial charge in [0.15, 0.2) is 6.61 Å². The first-order valence-electron chi connectivity index (χ1n) is 8.17. The summed E-state index contributed by atoms with van der Waals surface area (Å²) < 4.78 is 5.34. The number of rotatable bonds is 8. The zero-order valence-corrected chi connectivity index (χ0v) is 15.2. The molecular formula is C19H22ClN3O2. The molecule has 0 fully saturated rings. The van der Waals surface area contributed by atoms with Crippen LogP contribution in [0.4, 0.5) is 5.69 Å². The van der Waals surface area contributed by atoms with Crippen LogP contribution in [0.3, 0.4) is 0 Å². The molecule has 0 bridgehead atoms. The molecule has 0 atom stereocenters. The van der Waals surface area contributed by atoms with E-state index in [1.165, 1.54) is 5.69 Å². The highest BCUT2D eigenvalue weighted by atomic mass is 35.5. The molecule has 5 nitrogen and oxygen atoms in total. The van der Waals surface area contributed by atoms with Gasteiger partial charge in [-0.25, -0.2) is 5.43 Å². The highest BCUT2D eigenvalue weighted by Crippen LogP contribution is 2.15. The minimum absolute atomic E-state index is 0.111. The van der Waals surface area contributed by atoms with Crippen LogP contribution < -0.4 is 15.1 Å². The first-order chi connectivity index (χ1) is 12.1. The molecule has 0 aliphatic heterocycles. The van der Waals surface area contributed by atoms with Crippen molar-refractivity contribution in [1.29, 1.82) is 0 Å². The fourth-order valence-electron chi connectivity index (χ4n) is 2.25. The predicted molar refractivity (Wildman–Crippen MR) is 103 cm³/mol. The van der Waals surface area contributed by atoms with Crippen molar-refractivity contribution in [2.24, 2.45) is 5.10 Å². The van der Waals surface area contributed by atoms with Gasteiger partial charge in [-0.05, 0) is 55.8 Å². The van der Waals surface area contributed by atoms with Crippen molar-refractivity contribution in [2.45, 2.75) is 13.8 Å². The van der Waals surface area contributed by atoms with E-state index >= 15 is 0 Å². The predicted octanol–water partition coefficient (Wildman–Crippen LogP) is 3.72. The number of amides is 1. The van der Waals surface area contributed by atoms with Crippen molar-refractivity contribution in [3.63, 3.8) is 0 Å². The van der Waals surface area contributed by atoms with Crippen LogP contribution in [-0.2, 0) is 4.79 Å². The molecule has 132 valence electrons. The van der Waals surface area contributed by atoms with Gasteiger partial charge in [0, 0.05) is 23.8 Å². The number of hydrogen-bond donors (Lipinski definition) is 1. The maximum atomic E-state index is 11.7. The molecule has 0 saturated carbocycles. The SMILES string of the molecule is CCN(CC)c1ccc(C=NNC(=O)COc2ccc(Cl)cc2)cc1. The smallest absolute Gasteiger partial charge is 0.277 e. The fourth-order valence-corrected chi connectivity index (χ4v) is 2.38. The largest absolute Gasteiger partial charge is 0.484 e. The number of hydrogen-bond acceptors (Lipinski definition) is 4. The van der Waals surface area contributed by atoms with Crippen LogP contribution in [0, 0.1) is 0 Å². The van der Waals surface area contributed by atoms with Crippen LogP contribution in [0.5, 0.6) is 5.75 Å². The van der Waals surface area contributed by atoms with E-state index in [2.05, 4.69) is 29.3 Å². The van der Waals surface area contributed by atoms with E-state index in [0.29, 0.717) is 10.8 Å². The molecule has 6 heteroatoms. The molecule has 0 spiro atoms. The van der Waals surface area contributed by atoms with Gasteiger partial charge in [-0.2, -0.15) is 5.10 Å². The summed E-state index contributed by atoms with van der Waals surface area (Å²) in [6, 6.07) is 14.8. The monoisotopic (exact) mass is 359 g/mol. The lowest BCUT2D eigenvalue weighted by atomic mass is 10.2. The maximum Gasteiger partial charge on any atom is 0.277 e. The van der Waals surface area contributed by atoms with E-state index in [9.17, 15) is 4.79 Å². The van der Waals surface area contributed by atoms with Gasteiger partial charge in [0.25, 0.3) is 5.91 Å². The van der Waals surface area contributed by atoms with E-state index in [0.717, 1.165) is 18.7 Å². The quantitative estimate of drug-likeness (QED) is 0.577. The second-order valence-electron chi connectivity index (χ2n) is 5.30. The molecule has 0 saturated heterocycles. The number of anilines is 1. The number of hydrazone groups is 1. The van der Waals surface area contributed by atoms with E-state index in [1.54, 1.807) is 30.5 Å². The Morgan fingerprint density at radius 1 is 1.12 bits per heavy atom. The van der Waals surface area contributed by atoms with Crippen LogP contribution >= 0.6 is 11.6 Å². The second-order valence-corrected chi connectivity index (χ2v) is 5.74. The molecule has 2 aromatic carbocycles. The van der Waals surface area contributed by atoms with E-state index < -0.39 is 0 Å². The molecule has 1 N–H and O–H groups in total. The van der Waals surface area contributed by atoms with Crippen LogP contribution in [0.15, 0.2) is 53.6 Å². The fraction of sp³-hybridized carbons (Fsp3) is 0.263. The van der Waals surface area contributed by atoms with Crippen molar-refractivity contribution in [3.05, 3.63) is 59.1 Å². The molecule has 0 aliphatic carbocycles. The Kier molecular flexibility index (Phi) is 7.29. The Labute approximate surface area is 153 Å². The summed E-state index contributed by atoms with van der Waals surface area (Å²) >= 11 is 5.79. The van der Waals surface area contributed by atoms with Gasteiger partial charge in [-0.15, -0.1) is 0 Å². The van der Waals surface area contributed by atoms with E-state index in [4.69, 9.17) is 16.3 Å². The zero-order chi connectivity index (χ0) is 18.1. The summed E-state index contributed by atoms with van der Waals surface area (Å²) in [7, 11) is 0.